The Morgan fingerprint density at radius 2 is 1.87 bits per heavy atom. The summed E-state index contributed by atoms with van der Waals surface area (Å²) in [6, 6.07) is -2.19. The van der Waals surface area contributed by atoms with Crippen LogP contribution in [0.2, 0.25) is 0 Å². The highest BCUT2D eigenvalue weighted by Crippen LogP contribution is 2.22. The van der Waals surface area contributed by atoms with Crippen LogP contribution < -0.4 is 16.0 Å². The molecule has 2 aliphatic heterocycles. The number of ether oxygens (including phenoxy) is 2. The lowest BCUT2D eigenvalue weighted by atomic mass is 9.96. The number of nitrogens with zero attached hydrogens (tertiary/aromatic N) is 1. The zero-order valence-corrected chi connectivity index (χ0v) is 24.2. The molecule has 0 aromatic carbocycles. The molecule has 0 spiro atoms. The van der Waals surface area contributed by atoms with Crippen molar-refractivity contribution in [3.05, 3.63) is 12.2 Å². The van der Waals surface area contributed by atoms with Gasteiger partial charge in [0, 0.05) is 31.1 Å². The van der Waals surface area contributed by atoms with Gasteiger partial charge >= 0.3 is 12.1 Å². The Morgan fingerprint density at radius 1 is 1.15 bits per heavy atom. The third-order valence-corrected chi connectivity index (χ3v) is 6.57. The monoisotopic (exact) mass is 550 g/mol. The number of likely N-dealkylation sites (tertiary alicyclic amines) is 1. The van der Waals surface area contributed by atoms with Gasteiger partial charge in [0.15, 0.2) is 0 Å². The second-order valence-corrected chi connectivity index (χ2v) is 11.6. The van der Waals surface area contributed by atoms with E-state index in [0.717, 1.165) is 0 Å². The summed E-state index contributed by atoms with van der Waals surface area (Å²) in [6.45, 7) is 12.1. The summed E-state index contributed by atoms with van der Waals surface area (Å²) in [5, 5.41) is 8.46. The third kappa shape index (κ3) is 10.9. The highest BCUT2D eigenvalue weighted by molar-refractivity contribution is 5.92. The zero-order chi connectivity index (χ0) is 29.2. The Bertz CT molecular complexity index is 912. The number of carbonyl (C=O) groups is 5. The molecule has 0 bridgehead atoms. The van der Waals surface area contributed by atoms with Crippen LogP contribution in [0, 0.1) is 11.8 Å². The number of rotatable bonds is 11. The van der Waals surface area contributed by atoms with Crippen LogP contribution in [0.15, 0.2) is 12.2 Å². The fraction of sp³-hybridized carbons (Fsp3) is 0.750. The molecule has 2 unspecified atom stereocenters. The van der Waals surface area contributed by atoms with Crippen LogP contribution in [0.3, 0.4) is 0 Å². The van der Waals surface area contributed by atoms with Gasteiger partial charge in [-0.1, -0.05) is 19.9 Å². The van der Waals surface area contributed by atoms with Gasteiger partial charge in [-0.15, -0.1) is 0 Å². The van der Waals surface area contributed by atoms with Crippen LogP contribution in [0.5, 0.6) is 0 Å². The predicted molar refractivity (Wildman–Crippen MR) is 145 cm³/mol. The van der Waals surface area contributed by atoms with Gasteiger partial charge < -0.3 is 30.3 Å². The van der Waals surface area contributed by atoms with E-state index in [-0.39, 0.29) is 36.2 Å². The molecule has 0 aromatic rings. The second kappa shape index (κ2) is 14.9. The predicted octanol–water partition coefficient (Wildman–Crippen LogP) is 2.44. The molecule has 4 atom stereocenters. The summed E-state index contributed by atoms with van der Waals surface area (Å²) >= 11 is 0. The van der Waals surface area contributed by atoms with E-state index in [1.54, 1.807) is 38.7 Å². The maximum absolute atomic E-state index is 13.7. The van der Waals surface area contributed by atoms with E-state index >= 15 is 0 Å². The van der Waals surface area contributed by atoms with Gasteiger partial charge in [-0.2, -0.15) is 0 Å². The number of amides is 4. The van der Waals surface area contributed by atoms with Gasteiger partial charge in [-0.05, 0) is 72.1 Å². The summed E-state index contributed by atoms with van der Waals surface area (Å²) in [7, 11) is 0. The molecule has 0 saturated carbocycles. The third-order valence-electron chi connectivity index (χ3n) is 6.57. The Balaban J connectivity index is 2.24. The van der Waals surface area contributed by atoms with Crippen molar-refractivity contribution in [2.75, 3.05) is 19.7 Å². The molecule has 11 heteroatoms. The normalized spacial score (nSPS) is 21.8. The van der Waals surface area contributed by atoms with Gasteiger partial charge in [0.25, 0.3) is 0 Å². The maximum Gasteiger partial charge on any atom is 0.408 e. The van der Waals surface area contributed by atoms with Crippen LogP contribution in [-0.4, -0.2) is 78.1 Å². The summed E-state index contributed by atoms with van der Waals surface area (Å²) in [4.78, 5) is 65.5. The van der Waals surface area contributed by atoms with E-state index in [1.807, 2.05) is 13.8 Å². The number of hydrogen-bond acceptors (Lipinski definition) is 7. The van der Waals surface area contributed by atoms with E-state index in [0.29, 0.717) is 51.6 Å². The molecule has 0 radical (unpaired) electrons. The Hall–Kier alpha value is -3.11. The summed E-state index contributed by atoms with van der Waals surface area (Å²) in [6.07, 6.45) is 5.35. The van der Waals surface area contributed by atoms with Crippen LogP contribution in [0.25, 0.3) is 0 Å². The van der Waals surface area contributed by atoms with Crippen molar-refractivity contribution in [1.82, 2.24) is 20.9 Å². The highest BCUT2D eigenvalue weighted by atomic mass is 16.6. The van der Waals surface area contributed by atoms with Crippen molar-refractivity contribution < 1.29 is 33.4 Å². The smallest absolute Gasteiger partial charge is 0.408 e. The second-order valence-electron chi connectivity index (χ2n) is 11.6. The van der Waals surface area contributed by atoms with Crippen molar-refractivity contribution in [2.45, 2.75) is 104 Å². The van der Waals surface area contributed by atoms with Crippen molar-refractivity contribution >= 4 is 29.8 Å². The topological polar surface area (TPSA) is 143 Å². The molecular weight excluding hydrogens is 504 g/mol. The molecule has 2 fully saturated rings. The van der Waals surface area contributed by atoms with Crippen LogP contribution in [-0.2, 0) is 28.7 Å². The summed E-state index contributed by atoms with van der Waals surface area (Å²) in [5.74, 6) is -1.52. The largest absolute Gasteiger partial charge is 0.463 e. The average molecular weight is 551 g/mol. The van der Waals surface area contributed by atoms with Crippen molar-refractivity contribution in [3.63, 3.8) is 0 Å². The molecule has 2 aliphatic rings. The minimum absolute atomic E-state index is 0.0868. The van der Waals surface area contributed by atoms with Crippen LogP contribution in [0.1, 0.15) is 80.1 Å². The molecule has 2 saturated heterocycles. The molecule has 3 N–H and O–H groups in total. The minimum Gasteiger partial charge on any atom is -0.463 e. The molecule has 0 aliphatic carbocycles. The lowest BCUT2D eigenvalue weighted by Crippen LogP contribution is -2.56. The Kier molecular flexibility index (Phi) is 12.3. The first-order chi connectivity index (χ1) is 18.3. The maximum atomic E-state index is 13.7. The molecule has 4 amide bonds. The standard InChI is InChI=1S/C28H46N4O7/c1-7-38-23(33)12-11-20(17-19-13-14-29-24(19)34)30-25(35)22(16-18(2)3)32-15-9-8-10-21(26(32)36)31-27(37)39-28(4,5)6/h11-12,18-22H,7-10,13-17H2,1-6H3,(H,29,34)(H,30,35)(H,31,37)/t19?,20-,21?,22+/m1/s1. The molecule has 2 heterocycles. The summed E-state index contributed by atoms with van der Waals surface area (Å²) < 4.78 is 10.3. The van der Waals surface area contributed by atoms with E-state index in [4.69, 9.17) is 9.47 Å². The number of hydrogen-bond donors (Lipinski definition) is 3. The van der Waals surface area contributed by atoms with Crippen molar-refractivity contribution in [3.8, 4) is 0 Å². The molecule has 39 heavy (non-hydrogen) atoms. The van der Waals surface area contributed by atoms with Crippen molar-refractivity contribution in [1.29, 1.82) is 0 Å². The number of nitrogens with one attached hydrogen (secondary N) is 3. The molecule has 0 aromatic heterocycles. The minimum atomic E-state index is -0.800. The van der Waals surface area contributed by atoms with Gasteiger partial charge in [0.1, 0.15) is 17.7 Å². The zero-order valence-electron chi connectivity index (χ0n) is 24.2. The number of esters is 1. The summed E-state index contributed by atoms with van der Waals surface area (Å²) in [5.41, 5.74) is -0.708. The molecular formula is C28H46N4O7. The number of alkyl carbamates (subject to hydrolysis) is 1. The Morgan fingerprint density at radius 3 is 2.46 bits per heavy atom. The lowest BCUT2D eigenvalue weighted by Gasteiger charge is -2.34. The molecule has 2 rings (SSSR count). The fourth-order valence-electron chi connectivity index (χ4n) is 4.81. The number of carbonyl (C=O) groups excluding carboxylic acids is 5. The van der Waals surface area contributed by atoms with Gasteiger partial charge in [-0.3, -0.25) is 14.4 Å². The van der Waals surface area contributed by atoms with E-state index in [1.165, 1.54) is 6.08 Å². The van der Waals surface area contributed by atoms with E-state index < -0.39 is 35.8 Å². The first-order valence-corrected chi connectivity index (χ1v) is 14.0. The van der Waals surface area contributed by atoms with Crippen LogP contribution >= 0.6 is 0 Å². The average Bonchev–Trinajstić information content (AvgIpc) is 3.14. The van der Waals surface area contributed by atoms with E-state index in [9.17, 15) is 24.0 Å². The van der Waals surface area contributed by atoms with Gasteiger partial charge in [0.2, 0.25) is 17.7 Å². The molecule has 11 nitrogen and oxygen atoms in total. The fourth-order valence-corrected chi connectivity index (χ4v) is 4.81. The van der Waals surface area contributed by atoms with Gasteiger partial charge in [0.05, 0.1) is 6.61 Å². The van der Waals surface area contributed by atoms with Gasteiger partial charge in [-0.25, -0.2) is 9.59 Å². The highest BCUT2D eigenvalue weighted by Gasteiger charge is 2.37. The quantitative estimate of drug-likeness (QED) is 0.265. The first-order valence-electron chi connectivity index (χ1n) is 14.0. The van der Waals surface area contributed by atoms with E-state index in [2.05, 4.69) is 16.0 Å². The lowest BCUT2D eigenvalue weighted by molar-refractivity contribution is -0.142. The van der Waals surface area contributed by atoms with Crippen LogP contribution in [0.4, 0.5) is 4.79 Å². The van der Waals surface area contributed by atoms with Crippen molar-refractivity contribution in [2.24, 2.45) is 11.8 Å². The first kappa shape index (κ1) is 32.1. The SMILES string of the molecule is CCOC(=O)C=C[C@H](CC1CCNC1=O)NC(=O)[C@H](CC(C)C)N1CCCCC(NC(=O)OC(C)(C)C)C1=O. The Labute approximate surface area is 231 Å². The molecule has 220 valence electrons.